The SMILES string of the molecule is CC(C)(C)N=C1C=CC=CC1F. The van der Waals surface area contributed by atoms with Gasteiger partial charge < -0.3 is 0 Å². The topological polar surface area (TPSA) is 12.4 Å². The van der Waals surface area contributed by atoms with Crippen LogP contribution in [0, 0.1) is 0 Å². The van der Waals surface area contributed by atoms with E-state index in [1.54, 1.807) is 18.2 Å². The Balaban J connectivity index is 2.82. The molecule has 0 fully saturated rings. The molecule has 0 saturated heterocycles. The van der Waals surface area contributed by atoms with Crippen LogP contribution < -0.4 is 0 Å². The normalized spacial score (nSPS) is 26.7. The zero-order chi connectivity index (χ0) is 9.19. The first-order valence-corrected chi connectivity index (χ1v) is 4.08. The summed E-state index contributed by atoms with van der Waals surface area (Å²) in [7, 11) is 0. The fraction of sp³-hybridized carbons (Fsp3) is 0.500. The molecular weight excluding hydrogens is 153 g/mol. The van der Waals surface area contributed by atoms with E-state index in [9.17, 15) is 4.39 Å². The molecule has 1 aliphatic carbocycles. The maximum Gasteiger partial charge on any atom is 0.160 e. The van der Waals surface area contributed by atoms with Gasteiger partial charge in [-0.25, -0.2) is 4.39 Å². The van der Waals surface area contributed by atoms with Gasteiger partial charge in [0.15, 0.2) is 6.17 Å². The summed E-state index contributed by atoms with van der Waals surface area (Å²) in [4.78, 5) is 4.25. The highest BCUT2D eigenvalue weighted by Gasteiger charge is 2.15. The minimum atomic E-state index is -1.03. The standard InChI is InChI=1S/C10H14FN/c1-10(2,3)12-9-7-5-4-6-8(9)11/h4-8H,1-3H3. The zero-order valence-electron chi connectivity index (χ0n) is 7.71. The Kier molecular flexibility index (Phi) is 2.46. The Morgan fingerprint density at radius 2 is 2.00 bits per heavy atom. The molecule has 1 atom stereocenters. The Morgan fingerprint density at radius 3 is 2.50 bits per heavy atom. The van der Waals surface area contributed by atoms with Gasteiger partial charge in [-0.15, -0.1) is 0 Å². The molecule has 2 heteroatoms. The van der Waals surface area contributed by atoms with Crippen molar-refractivity contribution in [2.24, 2.45) is 4.99 Å². The van der Waals surface area contributed by atoms with Gasteiger partial charge in [0.1, 0.15) is 0 Å². The van der Waals surface area contributed by atoms with Crippen molar-refractivity contribution in [1.29, 1.82) is 0 Å². The van der Waals surface area contributed by atoms with Crippen molar-refractivity contribution in [3.05, 3.63) is 24.3 Å². The molecule has 0 saturated carbocycles. The molecule has 1 unspecified atom stereocenters. The van der Waals surface area contributed by atoms with Crippen LogP contribution >= 0.6 is 0 Å². The number of nitrogens with zero attached hydrogens (tertiary/aromatic N) is 1. The van der Waals surface area contributed by atoms with Gasteiger partial charge in [0.05, 0.1) is 11.3 Å². The van der Waals surface area contributed by atoms with Gasteiger partial charge in [-0.2, -0.15) is 0 Å². The van der Waals surface area contributed by atoms with E-state index in [2.05, 4.69) is 4.99 Å². The van der Waals surface area contributed by atoms with Crippen LogP contribution in [0.2, 0.25) is 0 Å². The fourth-order valence-corrected chi connectivity index (χ4v) is 0.993. The lowest BCUT2D eigenvalue weighted by atomic mass is 10.1. The number of hydrogen-bond acceptors (Lipinski definition) is 1. The summed E-state index contributed by atoms with van der Waals surface area (Å²) in [5.74, 6) is 0. The van der Waals surface area contributed by atoms with Crippen molar-refractivity contribution in [3.8, 4) is 0 Å². The highest BCUT2D eigenvalue weighted by molar-refractivity contribution is 6.01. The quantitative estimate of drug-likeness (QED) is 0.526. The molecule has 0 amide bonds. The van der Waals surface area contributed by atoms with Crippen LogP contribution in [-0.4, -0.2) is 17.4 Å². The molecule has 0 radical (unpaired) electrons. The maximum atomic E-state index is 13.1. The summed E-state index contributed by atoms with van der Waals surface area (Å²) in [5, 5.41) is 0. The average molecular weight is 167 g/mol. The van der Waals surface area contributed by atoms with Crippen LogP contribution in [0.4, 0.5) is 4.39 Å². The third-order valence-corrected chi connectivity index (χ3v) is 1.41. The van der Waals surface area contributed by atoms with Gasteiger partial charge >= 0.3 is 0 Å². The summed E-state index contributed by atoms with van der Waals surface area (Å²) in [6.45, 7) is 5.87. The second-order valence-electron chi connectivity index (χ2n) is 3.85. The van der Waals surface area contributed by atoms with Gasteiger partial charge in [-0.05, 0) is 32.9 Å². The fourth-order valence-electron chi connectivity index (χ4n) is 0.993. The first kappa shape index (κ1) is 9.17. The van der Waals surface area contributed by atoms with E-state index in [1.165, 1.54) is 6.08 Å². The maximum absolute atomic E-state index is 13.1. The average Bonchev–Trinajstić information content (AvgIpc) is 1.91. The van der Waals surface area contributed by atoms with Crippen molar-refractivity contribution in [2.75, 3.05) is 0 Å². The van der Waals surface area contributed by atoms with E-state index >= 15 is 0 Å². The number of allylic oxidation sites excluding steroid dienone is 4. The summed E-state index contributed by atoms with van der Waals surface area (Å²) < 4.78 is 13.1. The molecule has 0 spiro atoms. The molecule has 1 rings (SSSR count). The predicted octanol–water partition coefficient (Wildman–Crippen LogP) is 2.69. The molecule has 0 N–H and O–H groups in total. The van der Waals surface area contributed by atoms with Crippen LogP contribution in [0.25, 0.3) is 0 Å². The van der Waals surface area contributed by atoms with E-state index < -0.39 is 6.17 Å². The van der Waals surface area contributed by atoms with Gasteiger partial charge in [0, 0.05) is 0 Å². The van der Waals surface area contributed by atoms with Crippen LogP contribution in [-0.2, 0) is 0 Å². The van der Waals surface area contributed by atoms with Crippen molar-refractivity contribution >= 4 is 5.71 Å². The molecule has 1 nitrogen and oxygen atoms in total. The molecule has 0 aromatic rings. The van der Waals surface area contributed by atoms with E-state index in [1.807, 2.05) is 20.8 Å². The van der Waals surface area contributed by atoms with Gasteiger partial charge in [0.25, 0.3) is 0 Å². The molecule has 0 heterocycles. The largest absolute Gasteiger partial charge is 0.281 e. The molecule has 1 aliphatic rings. The van der Waals surface area contributed by atoms with Crippen LogP contribution in [0.5, 0.6) is 0 Å². The predicted molar refractivity (Wildman–Crippen MR) is 50.4 cm³/mol. The first-order chi connectivity index (χ1) is 5.49. The highest BCUT2D eigenvalue weighted by atomic mass is 19.1. The second kappa shape index (κ2) is 3.21. The Hall–Kier alpha value is -0.920. The van der Waals surface area contributed by atoms with Crippen molar-refractivity contribution < 1.29 is 4.39 Å². The van der Waals surface area contributed by atoms with E-state index in [4.69, 9.17) is 0 Å². The Bertz CT molecular complexity index is 243. The van der Waals surface area contributed by atoms with E-state index in [-0.39, 0.29) is 5.54 Å². The van der Waals surface area contributed by atoms with Crippen molar-refractivity contribution in [1.82, 2.24) is 0 Å². The molecule has 0 aromatic carbocycles. The van der Waals surface area contributed by atoms with Crippen LogP contribution in [0.3, 0.4) is 0 Å². The number of hydrogen-bond donors (Lipinski definition) is 0. The molecule has 66 valence electrons. The summed E-state index contributed by atoms with van der Waals surface area (Å²) in [6, 6.07) is 0. The number of alkyl halides is 1. The Morgan fingerprint density at radius 1 is 1.33 bits per heavy atom. The highest BCUT2D eigenvalue weighted by Crippen LogP contribution is 2.12. The number of rotatable bonds is 0. The first-order valence-electron chi connectivity index (χ1n) is 4.08. The number of halogens is 1. The molecule has 0 aliphatic heterocycles. The summed E-state index contributed by atoms with van der Waals surface area (Å²) in [5.41, 5.74) is 0.319. The lowest BCUT2D eigenvalue weighted by Gasteiger charge is -2.16. The Labute approximate surface area is 72.7 Å². The summed E-state index contributed by atoms with van der Waals surface area (Å²) in [6.07, 6.45) is 5.70. The minimum Gasteiger partial charge on any atom is -0.281 e. The minimum absolute atomic E-state index is 0.199. The van der Waals surface area contributed by atoms with Crippen molar-refractivity contribution in [2.45, 2.75) is 32.5 Å². The van der Waals surface area contributed by atoms with Gasteiger partial charge in [0.2, 0.25) is 0 Å². The second-order valence-corrected chi connectivity index (χ2v) is 3.85. The molecule has 0 aromatic heterocycles. The van der Waals surface area contributed by atoms with E-state index in [0.29, 0.717) is 5.71 Å². The number of aliphatic imine (C=N–C) groups is 1. The molecule has 12 heavy (non-hydrogen) atoms. The molecular formula is C10H14FN. The lowest BCUT2D eigenvalue weighted by molar-refractivity contribution is 0.483. The summed E-state index contributed by atoms with van der Waals surface area (Å²) >= 11 is 0. The monoisotopic (exact) mass is 167 g/mol. The third-order valence-electron chi connectivity index (χ3n) is 1.41. The van der Waals surface area contributed by atoms with E-state index in [0.717, 1.165) is 0 Å². The van der Waals surface area contributed by atoms with Gasteiger partial charge in [-0.1, -0.05) is 12.2 Å². The smallest absolute Gasteiger partial charge is 0.160 e. The third kappa shape index (κ3) is 2.61. The van der Waals surface area contributed by atoms with Crippen LogP contribution in [0.15, 0.2) is 29.3 Å². The molecule has 0 bridgehead atoms. The van der Waals surface area contributed by atoms with Crippen molar-refractivity contribution in [3.63, 3.8) is 0 Å². The van der Waals surface area contributed by atoms with Gasteiger partial charge in [-0.3, -0.25) is 4.99 Å². The lowest BCUT2D eigenvalue weighted by Crippen LogP contribution is -2.20. The van der Waals surface area contributed by atoms with Crippen LogP contribution in [0.1, 0.15) is 20.8 Å². The zero-order valence-corrected chi connectivity index (χ0v) is 7.71.